The van der Waals surface area contributed by atoms with Crippen LogP contribution < -0.4 is 21.3 Å². The number of amides is 4. The lowest BCUT2D eigenvalue weighted by Crippen LogP contribution is -2.39. The Hall–Kier alpha value is -2.57. The van der Waals surface area contributed by atoms with Gasteiger partial charge in [0.05, 0.1) is 6.54 Å². The van der Waals surface area contributed by atoms with Crippen LogP contribution in [-0.2, 0) is 9.59 Å². The number of hydrogen-bond donors (Lipinski definition) is 4. The molecule has 1 aliphatic carbocycles. The molecule has 0 aromatic heterocycles. The molecule has 0 radical (unpaired) electrons. The predicted octanol–water partition coefficient (Wildman–Crippen LogP) is 1.99. The third-order valence-electron chi connectivity index (χ3n) is 3.68. The van der Waals surface area contributed by atoms with Gasteiger partial charge in [0.15, 0.2) is 0 Å². The van der Waals surface area contributed by atoms with E-state index in [0.717, 1.165) is 24.8 Å². The van der Waals surface area contributed by atoms with Gasteiger partial charge in [0, 0.05) is 23.8 Å². The van der Waals surface area contributed by atoms with E-state index in [0.29, 0.717) is 17.9 Å². The molecule has 1 saturated carbocycles. The number of anilines is 2. The highest BCUT2D eigenvalue weighted by atomic mass is 16.2. The highest BCUT2D eigenvalue weighted by Gasteiger charge is 2.29. The van der Waals surface area contributed by atoms with Crippen molar-refractivity contribution in [1.82, 2.24) is 10.6 Å². The van der Waals surface area contributed by atoms with E-state index in [-0.39, 0.29) is 24.3 Å². The minimum Gasteiger partial charge on any atom is -0.355 e. The molecular weight excluding hydrogens is 308 g/mol. The molecule has 1 aromatic rings. The van der Waals surface area contributed by atoms with E-state index < -0.39 is 6.03 Å². The smallest absolute Gasteiger partial charge is 0.319 e. The first-order chi connectivity index (χ1) is 11.5. The molecule has 2 rings (SSSR count). The Morgan fingerprint density at radius 1 is 1.12 bits per heavy atom. The van der Waals surface area contributed by atoms with Gasteiger partial charge >= 0.3 is 6.03 Å². The Morgan fingerprint density at radius 2 is 1.88 bits per heavy atom. The lowest BCUT2D eigenvalue weighted by atomic mass is 10.1. The first kappa shape index (κ1) is 17.8. The van der Waals surface area contributed by atoms with Crippen LogP contribution in [0, 0.1) is 12.8 Å². The van der Waals surface area contributed by atoms with Crippen molar-refractivity contribution >= 4 is 29.2 Å². The Kier molecular flexibility index (Phi) is 6.17. The van der Waals surface area contributed by atoms with Gasteiger partial charge in [0.1, 0.15) is 0 Å². The van der Waals surface area contributed by atoms with Crippen LogP contribution in [0.1, 0.15) is 31.7 Å². The van der Waals surface area contributed by atoms with E-state index in [1.807, 2.05) is 19.9 Å². The highest BCUT2D eigenvalue weighted by molar-refractivity contribution is 5.96. The van der Waals surface area contributed by atoms with Crippen molar-refractivity contribution < 1.29 is 14.4 Å². The summed E-state index contributed by atoms with van der Waals surface area (Å²) in [4.78, 5) is 35.2. The zero-order valence-electron chi connectivity index (χ0n) is 14.1. The van der Waals surface area contributed by atoms with Gasteiger partial charge in [-0.3, -0.25) is 9.59 Å². The van der Waals surface area contributed by atoms with Crippen LogP contribution in [0.5, 0.6) is 0 Å². The van der Waals surface area contributed by atoms with Crippen molar-refractivity contribution in [1.29, 1.82) is 0 Å². The maximum absolute atomic E-state index is 11.9. The third kappa shape index (κ3) is 5.57. The quantitative estimate of drug-likeness (QED) is 0.614. The number of rotatable bonds is 7. The van der Waals surface area contributed by atoms with Crippen molar-refractivity contribution in [3.8, 4) is 0 Å². The minimum absolute atomic E-state index is 0.0156. The summed E-state index contributed by atoms with van der Waals surface area (Å²) in [6.07, 6.45) is 2.72. The molecule has 0 heterocycles. The van der Waals surface area contributed by atoms with Gasteiger partial charge in [-0.15, -0.1) is 0 Å². The number of carbonyl (C=O) groups is 3. The first-order valence-corrected chi connectivity index (χ1v) is 8.22. The summed E-state index contributed by atoms with van der Waals surface area (Å²) in [5, 5.41) is 10.7. The Labute approximate surface area is 141 Å². The molecule has 0 atom stereocenters. The van der Waals surface area contributed by atoms with Crippen molar-refractivity contribution in [3.63, 3.8) is 0 Å². The van der Waals surface area contributed by atoms with Gasteiger partial charge in [-0.2, -0.15) is 0 Å². The number of aryl methyl sites for hydroxylation is 1. The fourth-order valence-electron chi connectivity index (χ4n) is 2.08. The molecule has 7 heteroatoms. The lowest BCUT2D eigenvalue weighted by molar-refractivity contribution is -0.120. The van der Waals surface area contributed by atoms with Gasteiger partial charge in [-0.1, -0.05) is 13.0 Å². The molecular formula is C17H24N4O3. The van der Waals surface area contributed by atoms with Gasteiger partial charge < -0.3 is 21.3 Å². The summed E-state index contributed by atoms with van der Waals surface area (Å²) in [6, 6.07) is 4.88. The molecule has 1 fully saturated rings. The second kappa shape index (κ2) is 8.33. The summed E-state index contributed by atoms with van der Waals surface area (Å²) in [7, 11) is 0. The van der Waals surface area contributed by atoms with Crippen LogP contribution >= 0.6 is 0 Å². The minimum atomic E-state index is -0.463. The normalized spacial score (nSPS) is 13.1. The van der Waals surface area contributed by atoms with Crippen molar-refractivity contribution in [2.45, 2.75) is 33.1 Å². The predicted molar refractivity (Wildman–Crippen MR) is 92.9 cm³/mol. The van der Waals surface area contributed by atoms with Crippen LogP contribution in [0.3, 0.4) is 0 Å². The molecule has 1 aromatic carbocycles. The molecule has 24 heavy (non-hydrogen) atoms. The molecule has 7 nitrogen and oxygen atoms in total. The van der Waals surface area contributed by atoms with Gasteiger partial charge in [-0.25, -0.2) is 4.79 Å². The van der Waals surface area contributed by atoms with Gasteiger partial charge in [-0.05, 0) is 43.9 Å². The molecule has 0 unspecified atom stereocenters. The van der Waals surface area contributed by atoms with Crippen LogP contribution in [0.25, 0.3) is 0 Å². The lowest BCUT2D eigenvalue weighted by Gasteiger charge is -2.12. The largest absolute Gasteiger partial charge is 0.355 e. The monoisotopic (exact) mass is 332 g/mol. The van der Waals surface area contributed by atoms with Crippen LogP contribution in [-0.4, -0.2) is 30.9 Å². The van der Waals surface area contributed by atoms with Crippen LogP contribution in [0.4, 0.5) is 16.2 Å². The Balaban J connectivity index is 1.87. The van der Waals surface area contributed by atoms with Gasteiger partial charge in [0.25, 0.3) is 0 Å². The molecule has 0 bridgehead atoms. The summed E-state index contributed by atoms with van der Waals surface area (Å²) in [5.74, 6) is -0.0938. The summed E-state index contributed by atoms with van der Waals surface area (Å²) < 4.78 is 0. The average Bonchev–Trinajstić information content (AvgIpc) is 3.39. The molecule has 0 spiro atoms. The topological polar surface area (TPSA) is 99.3 Å². The SMILES string of the molecule is CCCNC(=O)CNC(=O)Nc1cc(NC(=O)C2CC2)ccc1C. The van der Waals surface area contributed by atoms with E-state index in [1.165, 1.54) is 0 Å². The number of nitrogens with one attached hydrogen (secondary N) is 4. The zero-order valence-corrected chi connectivity index (χ0v) is 14.1. The average molecular weight is 332 g/mol. The van der Waals surface area contributed by atoms with E-state index in [1.54, 1.807) is 12.1 Å². The van der Waals surface area contributed by atoms with E-state index in [2.05, 4.69) is 21.3 Å². The van der Waals surface area contributed by atoms with Crippen molar-refractivity contribution in [2.75, 3.05) is 23.7 Å². The maximum Gasteiger partial charge on any atom is 0.319 e. The van der Waals surface area contributed by atoms with Crippen molar-refractivity contribution in [3.05, 3.63) is 23.8 Å². The third-order valence-corrected chi connectivity index (χ3v) is 3.68. The molecule has 4 N–H and O–H groups in total. The zero-order chi connectivity index (χ0) is 17.5. The Bertz CT molecular complexity index is 626. The van der Waals surface area contributed by atoms with E-state index in [4.69, 9.17) is 0 Å². The molecule has 1 aliphatic rings. The number of urea groups is 1. The summed E-state index contributed by atoms with van der Waals surface area (Å²) in [6.45, 7) is 4.32. The summed E-state index contributed by atoms with van der Waals surface area (Å²) in [5.41, 5.74) is 2.11. The van der Waals surface area contributed by atoms with Crippen molar-refractivity contribution in [2.24, 2.45) is 5.92 Å². The standard InChI is InChI=1S/C17H24N4O3/c1-3-8-18-15(22)10-19-17(24)21-14-9-13(7-4-11(14)2)20-16(23)12-5-6-12/h4,7,9,12H,3,5-6,8,10H2,1-2H3,(H,18,22)(H,20,23)(H2,19,21,24). The molecule has 0 aliphatic heterocycles. The first-order valence-electron chi connectivity index (χ1n) is 8.22. The van der Waals surface area contributed by atoms with Crippen LogP contribution in [0.15, 0.2) is 18.2 Å². The summed E-state index contributed by atoms with van der Waals surface area (Å²) >= 11 is 0. The Morgan fingerprint density at radius 3 is 2.54 bits per heavy atom. The molecule has 0 saturated heterocycles. The molecule has 130 valence electrons. The van der Waals surface area contributed by atoms with Crippen LogP contribution in [0.2, 0.25) is 0 Å². The number of hydrogen-bond acceptors (Lipinski definition) is 3. The molecule has 4 amide bonds. The highest BCUT2D eigenvalue weighted by Crippen LogP contribution is 2.30. The maximum atomic E-state index is 11.9. The fourth-order valence-corrected chi connectivity index (χ4v) is 2.08. The second-order valence-electron chi connectivity index (χ2n) is 5.95. The number of carbonyl (C=O) groups excluding carboxylic acids is 3. The fraction of sp³-hybridized carbons (Fsp3) is 0.471. The van der Waals surface area contributed by atoms with E-state index in [9.17, 15) is 14.4 Å². The second-order valence-corrected chi connectivity index (χ2v) is 5.95. The van der Waals surface area contributed by atoms with E-state index >= 15 is 0 Å². The van der Waals surface area contributed by atoms with Gasteiger partial charge in [0.2, 0.25) is 11.8 Å². The number of benzene rings is 1.